The minimum absolute atomic E-state index is 0.232. The van der Waals surface area contributed by atoms with Crippen molar-refractivity contribution >= 4 is 22.4 Å². The third-order valence-corrected chi connectivity index (χ3v) is 3.82. The van der Waals surface area contributed by atoms with Gasteiger partial charge in [-0.25, -0.2) is 4.79 Å². The Labute approximate surface area is 121 Å². The van der Waals surface area contributed by atoms with E-state index in [0.717, 1.165) is 48.3 Å². The van der Waals surface area contributed by atoms with Crippen molar-refractivity contribution in [1.82, 2.24) is 9.97 Å². The number of fused-ring (bicyclic) bond motifs is 1. The average molecular weight is 292 g/mol. The van der Waals surface area contributed by atoms with Crippen molar-refractivity contribution in [3.8, 4) is 0 Å². The molecular formula is C14H20N4O3. The van der Waals surface area contributed by atoms with Crippen molar-refractivity contribution in [2.24, 2.45) is 0 Å². The molecule has 114 valence electrons. The maximum absolute atomic E-state index is 11.4. The van der Waals surface area contributed by atoms with Gasteiger partial charge in [0, 0.05) is 19.6 Å². The van der Waals surface area contributed by atoms with Crippen LogP contribution in [0.4, 0.5) is 11.4 Å². The first-order valence-corrected chi connectivity index (χ1v) is 7.21. The highest BCUT2D eigenvalue weighted by Crippen LogP contribution is 2.32. The topological polar surface area (TPSA) is 104 Å². The van der Waals surface area contributed by atoms with Crippen LogP contribution in [0.25, 0.3) is 11.0 Å². The molecular weight excluding hydrogens is 272 g/mol. The molecule has 2 heterocycles. The Hall–Kier alpha value is -1.99. The van der Waals surface area contributed by atoms with Crippen molar-refractivity contribution in [1.29, 1.82) is 0 Å². The van der Waals surface area contributed by atoms with Gasteiger partial charge in [-0.3, -0.25) is 0 Å². The first-order chi connectivity index (χ1) is 10.2. The number of rotatable bonds is 5. The summed E-state index contributed by atoms with van der Waals surface area (Å²) in [7, 11) is 0. The summed E-state index contributed by atoms with van der Waals surface area (Å²) in [4.78, 5) is 19.2. The number of aromatic nitrogens is 2. The number of nitrogens with one attached hydrogen (secondary N) is 3. The lowest BCUT2D eigenvalue weighted by molar-refractivity contribution is 0.105. The molecule has 1 aliphatic rings. The number of aliphatic hydroxyl groups is 2. The Bertz CT molecular complexity index is 672. The molecule has 5 N–H and O–H groups in total. The average Bonchev–Trinajstić information content (AvgIpc) is 3.11. The Morgan fingerprint density at radius 3 is 2.57 bits per heavy atom. The number of hydrogen-bond acceptors (Lipinski definition) is 5. The van der Waals surface area contributed by atoms with Crippen LogP contribution in [0.1, 0.15) is 12.8 Å². The van der Waals surface area contributed by atoms with E-state index in [1.165, 1.54) is 0 Å². The van der Waals surface area contributed by atoms with E-state index in [0.29, 0.717) is 0 Å². The van der Waals surface area contributed by atoms with E-state index in [1.54, 1.807) is 0 Å². The minimum Gasteiger partial charge on any atom is -0.394 e. The highest BCUT2D eigenvalue weighted by molar-refractivity contribution is 5.88. The van der Waals surface area contributed by atoms with Gasteiger partial charge >= 0.3 is 5.69 Å². The maximum atomic E-state index is 11.4. The predicted molar refractivity (Wildman–Crippen MR) is 81.9 cm³/mol. The molecule has 0 bridgehead atoms. The van der Waals surface area contributed by atoms with Crippen LogP contribution in [-0.2, 0) is 0 Å². The van der Waals surface area contributed by atoms with Crippen LogP contribution < -0.4 is 15.9 Å². The zero-order chi connectivity index (χ0) is 14.8. The van der Waals surface area contributed by atoms with Crippen LogP contribution in [0.3, 0.4) is 0 Å². The summed E-state index contributed by atoms with van der Waals surface area (Å²) in [5, 5.41) is 21.6. The molecule has 7 nitrogen and oxygen atoms in total. The normalized spacial score (nSPS) is 16.6. The summed E-state index contributed by atoms with van der Waals surface area (Å²) in [5.41, 5.74) is 3.14. The van der Waals surface area contributed by atoms with Gasteiger partial charge in [0.25, 0.3) is 0 Å². The van der Waals surface area contributed by atoms with Crippen LogP contribution in [0.2, 0.25) is 0 Å². The molecule has 3 rings (SSSR count). The molecule has 1 aromatic heterocycles. The number of hydrogen-bond donors (Lipinski definition) is 5. The first-order valence-electron chi connectivity index (χ1n) is 7.21. The molecule has 2 aromatic rings. The summed E-state index contributed by atoms with van der Waals surface area (Å²) in [6.45, 7) is 1.95. The number of aromatic amines is 2. The van der Waals surface area contributed by atoms with Gasteiger partial charge in [0.1, 0.15) is 0 Å². The smallest absolute Gasteiger partial charge is 0.323 e. The predicted octanol–water partition coefficient (Wildman–Crippen LogP) is 0.221. The number of imidazole rings is 1. The van der Waals surface area contributed by atoms with Crippen molar-refractivity contribution in [2.45, 2.75) is 18.9 Å². The quantitative estimate of drug-likeness (QED) is 0.542. The van der Waals surface area contributed by atoms with Gasteiger partial charge in [0.2, 0.25) is 0 Å². The molecule has 0 spiro atoms. The van der Waals surface area contributed by atoms with Crippen LogP contribution >= 0.6 is 0 Å². The Morgan fingerprint density at radius 2 is 1.90 bits per heavy atom. The van der Waals surface area contributed by atoms with Gasteiger partial charge < -0.3 is 30.4 Å². The molecule has 1 aliphatic heterocycles. The van der Waals surface area contributed by atoms with Crippen LogP contribution in [0.15, 0.2) is 16.9 Å². The lowest BCUT2D eigenvalue weighted by atomic mass is 10.2. The molecule has 0 saturated carbocycles. The summed E-state index contributed by atoms with van der Waals surface area (Å²) in [5.74, 6) is 0. The number of H-pyrrole nitrogens is 2. The van der Waals surface area contributed by atoms with Crippen LogP contribution in [0.5, 0.6) is 0 Å². The van der Waals surface area contributed by atoms with E-state index in [9.17, 15) is 9.90 Å². The lowest BCUT2D eigenvalue weighted by Crippen LogP contribution is -2.25. The number of anilines is 2. The molecule has 1 atom stereocenters. The van der Waals surface area contributed by atoms with Gasteiger partial charge in [-0.1, -0.05) is 0 Å². The Morgan fingerprint density at radius 1 is 1.24 bits per heavy atom. The zero-order valence-corrected chi connectivity index (χ0v) is 11.7. The fourth-order valence-electron chi connectivity index (χ4n) is 2.72. The molecule has 21 heavy (non-hydrogen) atoms. The van der Waals surface area contributed by atoms with Crippen molar-refractivity contribution in [3.05, 3.63) is 22.6 Å². The van der Waals surface area contributed by atoms with E-state index in [-0.39, 0.29) is 18.8 Å². The number of nitrogens with zero attached hydrogens (tertiary/aromatic N) is 1. The summed E-state index contributed by atoms with van der Waals surface area (Å²) in [6.07, 6.45) is 1.50. The third kappa shape index (κ3) is 2.88. The van der Waals surface area contributed by atoms with E-state index < -0.39 is 6.10 Å². The molecule has 0 aliphatic carbocycles. The molecule has 1 aromatic carbocycles. The highest BCUT2D eigenvalue weighted by Gasteiger charge is 2.18. The molecule has 1 saturated heterocycles. The van der Waals surface area contributed by atoms with Crippen molar-refractivity contribution < 1.29 is 10.2 Å². The summed E-state index contributed by atoms with van der Waals surface area (Å²) < 4.78 is 0. The lowest BCUT2D eigenvalue weighted by Gasteiger charge is -2.23. The van der Waals surface area contributed by atoms with Crippen molar-refractivity contribution in [2.75, 3.05) is 36.5 Å². The van der Waals surface area contributed by atoms with Gasteiger partial charge in [0.05, 0.1) is 35.1 Å². The maximum Gasteiger partial charge on any atom is 0.323 e. The number of benzene rings is 1. The third-order valence-electron chi connectivity index (χ3n) is 3.82. The Balaban J connectivity index is 1.96. The zero-order valence-electron chi connectivity index (χ0n) is 11.7. The molecule has 1 fully saturated rings. The highest BCUT2D eigenvalue weighted by atomic mass is 16.3. The molecule has 1 unspecified atom stereocenters. The molecule has 0 amide bonds. The minimum atomic E-state index is -0.808. The fourth-order valence-corrected chi connectivity index (χ4v) is 2.72. The second kappa shape index (κ2) is 5.79. The molecule has 0 radical (unpaired) electrons. The summed E-state index contributed by atoms with van der Waals surface area (Å²) >= 11 is 0. The second-order valence-electron chi connectivity index (χ2n) is 5.41. The van der Waals surface area contributed by atoms with Crippen LogP contribution in [-0.4, -0.2) is 52.5 Å². The second-order valence-corrected chi connectivity index (χ2v) is 5.41. The van der Waals surface area contributed by atoms with Gasteiger partial charge in [0.15, 0.2) is 0 Å². The summed E-state index contributed by atoms with van der Waals surface area (Å²) in [6, 6.07) is 3.82. The van der Waals surface area contributed by atoms with Gasteiger partial charge in [-0.05, 0) is 25.0 Å². The monoisotopic (exact) mass is 292 g/mol. The largest absolute Gasteiger partial charge is 0.394 e. The fraction of sp³-hybridized carbons (Fsp3) is 0.500. The van der Waals surface area contributed by atoms with E-state index >= 15 is 0 Å². The van der Waals surface area contributed by atoms with Crippen LogP contribution in [0, 0.1) is 0 Å². The molecule has 7 heteroatoms. The van der Waals surface area contributed by atoms with Gasteiger partial charge in [-0.15, -0.1) is 0 Å². The van der Waals surface area contributed by atoms with E-state index in [2.05, 4.69) is 20.2 Å². The first kappa shape index (κ1) is 14.0. The van der Waals surface area contributed by atoms with Crippen molar-refractivity contribution in [3.63, 3.8) is 0 Å². The SMILES string of the molecule is O=c1[nH]c2cc(NCC(O)CO)c(N3CCCC3)cc2[nH]1. The van der Waals surface area contributed by atoms with E-state index in [1.807, 2.05) is 12.1 Å². The van der Waals surface area contributed by atoms with E-state index in [4.69, 9.17) is 5.11 Å². The van der Waals surface area contributed by atoms with Gasteiger partial charge in [-0.2, -0.15) is 0 Å². The Kier molecular flexibility index (Phi) is 3.85. The standard InChI is InChI=1S/C14H20N4O3/c19-8-9(20)7-15-12-5-10-11(17-14(21)16-10)6-13(12)18-3-1-2-4-18/h5-6,9,15,19-20H,1-4,7-8H2,(H2,16,17,21). The number of aliphatic hydroxyl groups excluding tert-OH is 2.